The number of carbonyl (C=O) groups excluding carboxylic acids is 2. The molecule has 1 fully saturated rings. The van der Waals surface area contributed by atoms with Gasteiger partial charge in [-0.2, -0.15) is 0 Å². The highest BCUT2D eigenvalue weighted by Gasteiger charge is 2.32. The number of rotatable bonds is 9. The minimum atomic E-state index is -1.40. The first-order valence-corrected chi connectivity index (χ1v) is 16.8. The van der Waals surface area contributed by atoms with Crippen LogP contribution >= 0.6 is 11.6 Å². The van der Waals surface area contributed by atoms with Crippen molar-refractivity contribution >= 4 is 40.2 Å². The number of carbonyl (C=O) groups is 2. The van der Waals surface area contributed by atoms with E-state index < -0.39 is 34.1 Å². The SMILES string of the molecule is COc1ccc2c(c1)CCN(C1CCN(C(=O)Cn3cc(-c4cccc(F)c4Cl)c(=O)n(C(C)CNS(C)=O)c3=O)CC1)C(=O)N2. The summed E-state index contributed by atoms with van der Waals surface area (Å²) in [6.45, 7) is 2.52. The van der Waals surface area contributed by atoms with Crippen LogP contribution in [0.15, 0.2) is 52.2 Å². The number of nitrogens with zero attached hydrogens (tertiary/aromatic N) is 4. The summed E-state index contributed by atoms with van der Waals surface area (Å²) >= 11 is 6.22. The molecule has 2 atom stereocenters. The van der Waals surface area contributed by atoms with Crippen LogP contribution in [-0.4, -0.2) is 80.7 Å². The number of halogens is 2. The van der Waals surface area contributed by atoms with Gasteiger partial charge in [0, 0.05) is 55.9 Å². The second-order valence-corrected chi connectivity index (χ2v) is 13.0. The van der Waals surface area contributed by atoms with E-state index in [9.17, 15) is 27.8 Å². The second kappa shape index (κ2) is 14.2. The summed E-state index contributed by atoms with van der Waals surface area (Å²) in [5.41, 5.74) is 0.317. The Morgan fingerprint density at radius 1 is 1.15 bits per heavy atom. The Kier molecular flexibility index (Phi) is 10.3. The molecule has 0 spiro atoms. The standard InChI is InChI=1S/C31H36ClFN6O6S/c1-19(16-34-46(3)44)39-29(41)24(23-5-4-6-25(33)28(23)32)17-37(31(39)43)18-27(40)36-12-10-21(11-13-36)38-14-9-20-15-22(45-2)7-8-26(20)35-30(38)42/h4-8,15,17,19,21,34H,9-14,16,18H2,1-3H3,(H,35,42). The highest BCUT2D eigenvalue weighted by atomic mass is 35.5. The van der Waals surface area contributed by atoms with Crippen LogP contribution in [0.25, 0.3) is 11.1 Å². The van der Waals surface area contributed by atoms with Crippen LogP contribution in [0.5, 0.6) is 5.75 Å². The van der Waals surface area contributed by atoms with Gasteiger partial charge in [0.15, 0.2) is 0 Å². The lowest BCUT2D eigenvalue weighted by Crippen LogP contribution is -2.51. The number of methoxy groups -OCH3 is 1. The summed E-state index contributed by atoms with van der Waals surface area (Å²) in [6, 6.07) is 8.55. The topological polar surface area (TPSA) is 135 Å². The average Bonchev–Trinajstić information content (AvgIpc) is 3.20. The number of benzene rings is 2. The zero-order valence-corrected chi connectivity index (χ0v) is 27.3. The first-order chi connectivity index (χ1) is 22.0. The van der Waals surface area contributed by atoms with E-state index in [0.29, 0.717) is 38.9 Å². The van der Waals surface area contributed by atoms with Crippen LogP contribution in [0.3, 0.4) is 0 Å². The van der Waals surface area contributed by atoms with E-state index in [4.69, 9.17) is 16.3 Å². The molecule has 0 bridgehead atoms. The van der Waals surface area contributed by atoms with E-state index >= 15 is 0 Å². The Morgan fingerprint density at radius 3 is 2.59 bits per heavy atom. The zero-order chi connectivity index (χ0) is 33.1. The third-order valence-corrected chi connectivity index (χ3v) is 9.41. The van der Waals surface area contributed by atoms with Gasteiger partial charge in [0.25, 0.3) is 5.56 Å². The van der Waals surface area contributed by atoms with E-state index in [-0.39, 0.29) is 47.2 Å². The number of piperidine rings is 1. The maximum atomic E-state index is 14.4. The Balaban J connectivity index is 1.33. The molecule has 46 heavy (non-hydrogen) atoms. The summed E-state index contributed by atoms with van der Waals surface area (Å²) in [6.07, 6.45) is 4.41. The lowest BCUT2D eigenvalue weighted by molar-refractivity contribution is -0.133. The fraction of sp³-hybridized carbons (Fsp3) is 0.419. The van der Waals surface area contributed by atoms with Crippen molar-refractivity contribution in [3.05, 3.63) is 79.8 Å². The van der Waals surface area contributed by atoms with Gasteiger partial charge in [-0.3, -0.25) is 18.7 Å². The Hall–Kier alpha value is -4.01. The zero-order valence-electron chi connectivity index (χ0n) is 25.8. The molecule has 3 heterocycles. The number of nitrogens with one attached hydrogen (secondary N) is 2. The van der Waals surface area contributed by atoms with Crippen LogP contribution in [-0.2, 0) is 28.7 Å². The van der Waals surface area contributed by atoms with Crippen LogP contribution in [0, 0.1) is 5.82 Å². The number of hydrogen-bond acceptors (Lipinski definition) is 6. The lowest BCUT2D eigenvalue weighted by atomic mass is 10.0. The van der Waals surface area contributed by atoms with E-state index in [1.165, 1.54) is 24.6 Å². The summed E-state index contributed by atoms with van der Waals surface area (Å²) in [4.78, 5) is 57.2. The predicted octanol–water partition coefficient (Wildman–Crippen LogP) is 3.00. The van der Waals surface area contributed by atoms with Gasteiger partial charge < -0.3 is 19.9 Å². The molecular formula is C31H36ClFN6O6S. The maximum absolute atomic E-state index is 14.4. The summed E-state index contributed by atoms with van der Waals surface area (Å²) in [5, 5.41) is 2.70. The molecule has 0 radical (unpaired) electrons. The highest BCUT2D eigenvalue weighted by molar-refractivity contribution is 7.82. The van der Waals surface area contributed by atoms with Gasteiger partial charge in [-0.25, -0.2) is 22.9 Å². The molecule has 5 rings (SSSR count). The van der Waals surface area contributed by atoms with E-state index in [1.54, 1.807) is 25.0 Å². The van der Waals surface area contributed by atoms with Crippen molar-refractivity contribution in [3.63, 3.8) is 0 Å². The third kappa shape index (κ3) is 7.03. The molecule has 3 amide bonds. The fourth-order valence-corrected chi connectivity index (χ4v) is 6.63. The normalized spacial score (nSPS) is 16.8. The summed E-state index contributed by atoms with van der Waals surface area (Å²) in [7, 11) is 0.199. The maximum Gasteiger partial charge on any atom is 0.331 e. The first-order valence-electron chi connectivity index (χ1n) is 14.9. The predicted molar refractivity (Wildman–Crippen MR) is 174 cm³/mol. The molecule has 2 aromatic carbocycles. The number of likely N-dealkylation sites (tertiary alicyclic amines) is 1. The van der Waals surface area contributed by atoms with Gasteiger partial charge in [0.1, 0.15) is 18.1 Å². The van der Waals surface area contributed by atoms with Gasteiger partial charge in [-0.15, -0.1) is 0 Å². The van der Waals surface area contributed by atoms with Crippen LogP contribution in [0.2, 0.25) is 5.02 Å². The Labute approximate surface area is 272 Å². The highest BCUT2D eigenvalue weighted by Crippen LogP contribution is 2.29. The fourth-order valence-electron chi connectivity index (χ4n) is 5.93. The van der Waals surface area contributed by atoms with Crippen molar-refractivity contribution in [2.45, 2.75) is 44.8 Å². The molecule has 2 N–H and O–H groups in total. The summed E-state index contributed by atoms with van der Waals surface area (Å²) < 4.78 is 36.1. The number of amides is 3. The Bertz CT molecular complexity index is 1790. The average molecular weight is 675 g/mol. The number of hydrogen-bond donors (Lipinski definition) is 2. The molecule has 246 valence electrons. The van der Waals surface area contributed by atoms with Gasteiger partial charge in [-0.05, 0) is 56.0 Å². The molecule has 2 unspecified atom stereocenters. The molecular weight excluding hydrogens is 639 g/mol. The molecule has 1 saturated heterocycles. The molecule has 12 nitrogen and oxygen atoms in total. The van der Waals surface area contributed by atoms with Crippen molar-refractivity contribution in [2.24, 2.45) is 0 Å². The van der Waals surface area contributed by atoms with Crippen molar-refractivity contribution in [1.29, 1.82) is 0 Å². The van der Waals surface area contributed by atoms with Gasteiger partial charge in [-0.1, -0.05) is 23.7 Å². The van der Waals surface area contributed by atoms with Crippen molar-refractivity contribution < 1.29 is 22.9 Å². The van der Waals surface area contributed by atoms with Crippen LogP contribution in [0.4, 0.5) is 14.9 Å². The number of fused-ring (bicyclic) bond motifs is 1. The Morgan fingerprint density at radius 2 is 1.89 bits per heavy atom. The van der Waals surface area contributed by atoms with Crippen LogP contribution < -0.4 is 26.0 Å². The molecule has 2 aliphatic heterocycles. The molecule has 3 aromatic rings. The first kappa shape index (κ1) is 33.4. The molecule has 0 aliphatic carbocycles. The van der Waals surface area contributed by atoms with E-state index in [1.807, 2.05) is 17.0 Å². The van der Waals surface area contributed by atoms with Gasteiger partial charge >= 0.3 is 11.7 Å². The number of anilines is 1. The number of ether oxygens (including phenoxy) is 1. The third-order valence-electron chi connectivity index (χ3n) is 8.45. The van der Waals surface area contributed by atoms with Gasteiger partial charge in [0.05, 0.1) is 34.7 Å². The van der Waals surface area contributed by atoms with E-state index in [0.717, 1.165) is 32.2 Å². The van der Waals surface area contributed by atoms with Crippen molar-refractivity contribution in [3.8, 4) is 16.9 Å². The molecule has 1 aromatic heterocycles. The smallest absolute Gasteiger partial charge is 0.331 e. The largest absolute Gasteiger partial charge is 0.497 e. The number of urea groups is 1. The van der Waals surface area contributed by atoms with Crippen molar-refractivity contribution in [2.75, 3.05) is 44.9 Å². The minimum Gasteiger partial charge on any atom is -0.497 e. The van der Waals surface area contributed by atoms with Gasteiger partial charge in [0.2, 0.25) is 5.91 Å². The van der Waals surface area contributed by atoms with Crippen LogP contribution in [0.1, 0.15) is 31.4 Å². The second-order valence-electron chi connectivity index (χ2n) is 11.4. The van der Waals surface area contributed by atoms with Crippen molar-refractivity contribution in [1.82, 2.24) is 23.7 Å². The summed E-state index contributed by atoms with van der Waals surface area (Å²) in [5.74, 6) is -0.362. The van der Waals surface area contributed by atoms with E-state index in [2.05, 4.69) is 10.0 Å². The molecule has 0 saturated carbocycles. The minimum absolute atomic E-state index is 0.0305. The monoisotopic (exact) mass is 674 g/mol. The lowest BCUT2D eigenvalue weighted by Gasteiger charge is -2.38. The number of aromatic nitrogens is 2. The molecule has 15 heteroatoms. The quantitative estimate of drug-likeness (QED) is 0.359. The molecule has 2 aliphatic rings.